The van der Waals surface area contributed by atoms with Crippen molar-refractivity contribution in [2.24, 2.45) is 23.7 Å². The molecule has 0 aromatic heterocycles. The highest BCUT2D eigenvalue weighted by molar-refractivity contribution is 6.31. The Hall–Kier alpha value is -3.25. The smallest absolute Gasteiger partial charge is 0.247 e. The molecule has 2 bridgehead atoms. The number of ketones is 1. The molecule has 0 radical (unpaired) electrons. The predicted molar refractivity (Wildman–Crippen MR) is 119 cm³/mol. The maximum Gasteiger partial charge on any atom is 0.247 e. The Morgan fingerprint density at radius 2 is 1.62 bits per heavy atom. The van der Waals surface area contributed by atoms with Crippen LogP contribution in [0, 0.1) is 23.7 Å². The molecule has 3 amide bonds. The lowest BCUT2D eigenvalue weighted by molar-refractivity contribution is -0.146. The zero-order chi connectivity index (χ0) is 22.6. The predicted octanol–water partition coefficient (Wildman–Crippen LogP) is 3.71. The highest BCUT2D eigenvalue weighted by Crippen LogP contribution is 2.52. The van der Waals surface area contributed by atoms with Gasteiger partial charge in [-0.05, 0) is 43.4 Å². The number of nitrogens with zero attached hydrogens (tertiary/aromatic N) is 1. The Balaban J connectivity index is 1.38. The van der Waals surface area contributed by atoms with Gasteiger partial charge in [0.15, 0.2) is 5.78 Å². The number of imide groups is 1. The zero-order valence-corrected chi connectivity index (χ0v) is 18.1. The minimum Gasteiger partial charge on any atom is -0.324 e. The lowest BCUT2D eigenvalue weighted by Crippen LogP contribution is -2.46. The first-order valence-electron chi connectivity index (χ1n) is 10.6. The topological polar surface area (TPSA) is 83.6 Å². The van der Waals surface area contributed by atoms with E-state index in [0.29, 0.717) is 10.6 Å². The summed E-state index contributed by atoms with van der Waals surface area (Å²) in [4.78, 5) is 53.2. The zero-order valence-electron chi connectivity index (χ0n) is 17.3. The fraction of sp³-hybridized carbons (Fsp3) is 0.280. The summed E-state index contributed by atoms with van der Waals surface area (Å²) in [6.45, 7) is 1.54. The molecule has 2 aliphatic carbocycles. The second-order valence-corrected chi connectivity index (χ2v) is 9.03. The highest BCUT2D eigenvalue weighted by Gasteiger charge is 2.60. The number of fused-ring (bicyclic) bond motifs is 5. The van der Waals surface area contributed by atoms with Crippen LogP contribution < -0.4 is 5.32 Å². The van der Waals surface area contributed by atoms with E-state index in [1.54, 1.807) is 42.5 Å². The van der Waals surface area contributed by atoms with Crippen LogP contribution in [0.4, 0.5) is 5.69 Å². The molecule has 1 saturated heterocycles. The van der Waals surface area contributed by atoms with Gasteiger partial charge in [-0.3, -0.25) is 24.1 Å². The molecule has 3 aliphatic rings. The summed E-state index contributed by atoms with van der Waals surface area (Å²) in [6.07, 6.45) is 4.86. The van der Waals surface area contributed by atoms with E-state index >= 15 is 0 Å². The maximum absolute atomic E-state index is 13.1. The molecule has 1 aliphatic heterocycles. The number of nitrogens with one attached hydrogen (secondary N) is 1. The molecule has 5 rings (SSSR count). The van der Waals surface area contributed by atoms with Crippen molar-refractivity contribution < 1.29 is 19.2 Å². The van der Waals surface area contributed by atoms with Crippen molar-refractivity contribution in [3.63, 3.8) is 0 Å². The molecule has 2 fully saturated rings. The van der Waals surface area contributed by atoms with Gasteiger partial charge < -0.3 is 5.32 Å². The van der Waals surface area contributed by atoms with Gasteiger partial charge in [0.1, 0.15) is 6.04 Å². The third-order valence-electron chi connectivity index (χ3n) is 6.79. The van der Waals surface area contributed by atoms with Gasteiger partial charge in [0, 0.05) is 16.1 Å². The van der Waals surface area contributed by atoms with Crippen LogP contribution in [0.1, 0.15) is 29.3 Å². The molecule has 0 unspecified atom stereocenters. The van der Waals surface area contributed by atoms with Crippen molar-refractivity contribution >= 4 is 40.8 Å². The van der Waals surface area contributed by atoms with E-state index in [2.05, 4.69) is 5.32 Å². The van der Waals surface area contributed by atoms with Gasteiger partial charge in [0.25, 0.3) is 0 Å². The van der Waals surface area contributed by atoms with Crippen molar-refractivity contribution in [2.75, 3.05) is 5.32 Å². The number of likely N-dealkylation sites (tertiary alicyclic amines) is 1. The summed E-state index contributed by atoms with van der Waals surface area (Å²) in [7, 11) is 0. The van der Waals surface area contributed by atoms with E-state index in [1.165, 1.54) is 13.0 Å². The molecule has 162 valence electrons. The third kappa shape index (κ3) is 3.17. The van der Waals surface area contributed by atoms with Crippen molar-refractivity contribution in [3.05, 3.63) is 76.8 Å². The van der Waals surface area contributed by atoms with E-state index in [1.807, 2.05) is 12.2 Å². The lowest BCUT2D eigenvalue weighted by atomic mass is 9.85. The Bertz CT molecular complexity index is 1150. The molecule has 1 saturated carbocycles. The monoisotopic (exact) mass is 448 g/mol. The number of hydrogen-bond donors (Lipinski definition) is 1. The second-order valence-electron chi connectivity index (χ2n) is 8.60. The van der Waals surface area contributed by atoms with E-state index in [0.717, 1.165) is 11.3 Å². The standard InChI is InChI=1S/C25H21ClN2O4/c1-13(28-24(31)20-15-7-8-16(11-15)21(20)25(28)32)23(30)27-19-10-9-17(26)12-18(19)22(29)14-5-3-2-4-6-14/h2-10,12-13,15-16,20-21H,11H2,1H3,(H,27,30)/t13-,15+,16+,20-,21-/m1/s1. The first kappa shape index (κ1) is 20.6. The number of allylic oxidation sites excluding steroid dienone is 2. The summed E-state index contributed by atoms with van der Waals surface area (Å²) in [5.41, 5.74) is 0.975. The highest BCUT2D eigenvalue weighted by atomic mass is 35.5. The van der Waals surface area contributed by atoms with Gasteiger partial charge in [0.2, 0.25) is 17.7 Å². The molecule has 5 atom stereocenters. The Labute approximate surface area is 190 Å². The number of halogens is 1. The molecule has 2 aromatic carbocycles. The van der Waals surface area contributed by atoms with Crippen molar-refractivity contribution in [1.82, 2.24) is 4.90 Å². The SMILES string of the molecule is C[C@H](C(=O)Nc1ccc(Cl)cc1C(=O)c1ccccc1)N1C(=O)[C@H]2[C@H](C1=O)[C@H]1C=C[C@H]2C1. The van der Waals surface area contributed by atoms with Crippen molar-refractivity contribution in [2.45, 2.75) is 19.4 Å². The quantitative estimate of drug-likeness (QED) is 0.429. The van der Waals surface area contributed by atoms with Gasteiger partial charge >= 0.3 is 0 Å². The van der Waals surface area contributed by atoms with Gasteiger partial charge in [-0.1, -0.05) is 54.1 Å². The number of anilines is 1. The van der Waals surface area contributed by atoms with E-state index < -0.39 is 11.9 Å². The van der Waals surface area contributed by atoms with E-state index in [4.69, 9.17) is 11.6 Å². The molecule has 0 spiro atoms. The first-order valence-corrected chi connectivity index (χ1v) is 11.0. The average Bonchev–Trinajstić information content (AvgIpc) is 3.48. The Morgan fingerprint density at radius 1 is 1.00 bits per heavy atom. The number of rotatable bonds is 5. The normalized spacial score (nSPS) is 26.4. The molecule has 7 heteroatoms. The Morgan fingerprint density at radius 3 is 2.25 bits per heavy atom. The average molecular weight is 449 g/mol. The van der Waals surface area contributed by atoms with Gasteiger partial charge in [-0.25, -0.2) is 0 Å². The number of benzene rings is 2. The molecule has 1 heterocycles. The van der Waals surface area contributed by atoms with Crippen molar-refractivity contribution in [3.8, 4) is 0 Å². The van der Waals surface area contributed by atoms with Crippen LogP contribution in [0.25, 0.3) is 0 Å². The van der Waals surface area contributed by atoms with Crippen LogP contribution >= 0.6 is 11.6 Å². The molecule has 6 nitrogen and oxygen atoms in total. The number of carbonyl (C=O) groups excluding carboxylic acids is 4. The molecule has 1 N–H and O–H groups in total. The maximum atomic E-state index is 13.1. The minimum atomic E-state index is -0.990. The van der Waals surface area contributed by atoms with E-state index in [-0.39, 0.29) is 52.5 Å². The molecule has 2 aromatic rings. The number of amides is 3. The summed E-state index contributed by atoms with van der Waals surface area (Å²) in [5.74, 6) is -1.96. The largest absolute Gasteiger partial charge is 0.324 e. The van der Waals surface area contributed by atoms with Gasteiger partial charge in [-0.15, -0.1) is 0 Å². The first-order chi connectivity index (χ1) is 15.4. The molecule has 32 heavy (non-hydrogen) atoms. The van der Waals surface area contributed by atoms with Crippen LogP contribution in [-0.4, -0.2) is 34.4 Å². The van der Waals surface area contributed by atoms with Crippen LogP contribution in [0.3, 0.4) is 0 Å². The van der Waals surface area contributed by atoms with Crippen LogP contribution in [0.5, 0.6) is 0 Å². The van der Waals surface area contributed by atoms with Crippen LogP contribution in [0.15, 0.2) is 60.7 Å². The van der Waals surface area contributed by atoms with Crippen molar-refractivity contribution in [1.29, 1.82) is 0 Å². The number of carbonyl (C=O) groups is 4. The Kier molecular flexibility index (Phi) is 4.97. The summed E-state index contributed by atoms with van der Waals surface area (Å²) >= 11 is 6.11. The summed E-state index contributed by atoms with van der Waals surface area (Å²) in [5, 5.41) is 3.09. The second kappa shape index (κ2) is 7.71. The van der Waals surface area contributed by atoms with E-state index in [9.17, 15) is 19.2 Å². The number of hydrogen-bond acceptors (Lipinski definition) is 4. The summed E-state index contributed by atoms with van der Waals surface area (Å²) in [6, 6.07) is 12.3. The van der Waals surface area contributed by atoms with Gasteiger partial charge in [-0.2, -0.15) is 0 Å². The van der Waals surface area contributed by atoms with Crippen LogP contribution in [0.2, 0.25) is 5.02 Å². The molecular formula is C25H21ClN2O4. The fourth-order valence-corrected chi connectivity index (χ4v) is 5.39. The van der Waals surface area contributed by atoms with Gasteiger partial charge in [0.05, 0.1) is 17.5 Å². The molecular weight excluding hydrogens is 428 g/mol. The third-order valence-corrected chi connectivity index (χ3v) is 7.03. The minimum absolute atomic E-state index is 0.0769. The summed E-state index contributed by atoms with van der Waals surface area (Å²) < 4.78 is 0. The fourth-order valence-electron chi connectivity index (χ4n) is 5.22. The lowest BCUT2D eigenvalue weighted by Gasteiger charge is -2.24. The van der Waals surface area contributed by atoms with Crippen LogP contribution in [-0.2, 0) is 14.4 Å².